The number of hydrogen-bond acceptors (Lipinski definition) is 1. The lowest BCUT2D eigenvalue weighted by atomic mass is 10.1. The summed E-state index contributed by atoms with van der Waals surface area (Å²) in [5.74, 6) is 0.630. The van der Waals surface area contributed by atoms with E-state index in [4.69, 9.17) is 0 Å². The first-order chi connectivity index (χ1) is 8.59. The van der Waals surface area contributed by atoms with Gasteiger partial charge in [0.1, 0.15) is 0 Å². The van der Waals surface area contributed by atoms with E-state index in [2.05, 4.69) is 19.2 Å². The van der Waals surface area contributed by atoms with Crippen molar-refractivity contribution in [2.24, 2.45) is 13.0 Å². The zero-order chi connectivity index (χ0) is 13.1. The lowest BCUT2D eigenvalue weighted by Crippen LogP contribution is -2.25. The fourth-order valence-corrected chi connectivity index (χ4v) is 2.07. The molecule has 0 atom stereocenters. The van der Waals surface area contributed by atoms with E-state index in [0.29, 0.717) is 5.92 Å². The van der Waals surface area contributed by atoms with Crippen molar-refractivity contribution in [2.75, 3.05) is 6.54 Å². The van der Waals surface area contributed by atoms with E-state index in [9.17, 15) is 4.79 Å². The molecule has 1 aromatic carbocycles. The number of aromatic nitrogens is 1. The van der Waals surface area contributed by atoms with Crippen molar-refractivity contribution in [2.45, 2.75) is 20.3 Å². The highest BCUT2D eigenvalue weighted by atomic mass is 16.1. The second-order valence-electron chi connectivity index (χ2n) is 5.10. The Balaban J connectivity index is 2.17. The molecule has 1 heterocycles. The minimum atomic E-state index is 0.0208. The van der Waals surface area contributed by atoms with Gasteiger partial charge in [0.2, 0.25) is 0 Å². The molecule has 0 spiro atoms. The average molecular weight is 244 g/mol. The summed E-state index contributed by atoms with van der Waals surface area (Å²) in [5, 5.41) is 4.00. The van der Waals surface area contributed by atoms with Gasteiger partial charge in [0.05, 0.1) is 0 Å². The van der Waals surface area contributed by atoms with Gasteiger partial charge in [-0.2, -0.15) is 0 Å². The van der Waals surface area contributed by atoms with Crippen LogP contribution < -0.4 is 5.32 Å². The van der Waals surface area contributed by atoms with Crippen molar-refractivity contribution in [1.82, 2.24) is 9.88 Å². The average Bonchev–Trinajstić information content (AvgIpc) is 2.71. The minimum absolute atomic E-state index is 0.0208. The van der Waals surface area contributed by atoms with Gasteiger partial charge < -0.3 is 9.88 Å². The second-order valence-corrected chi connectivity index (χ2v) is 5.10. The Morgan fingerprint density at radius 3 is 2.83 bits per heavy atom. The van der Waals surface area contributed by atoms with Crippen molar-refractivity contribution in [3.05, 3.63) is 36.0 Å². The molecule has 96 valence electrons. The van der Waals surface area contributed by atoms with E-state index >= 15 is 0 Å². The van der Waals surface area contributed by atoms with Gasteiger partial charge in [0, 0.05) is 36.3 Å². The number of amides is 1. The number of aryl methyl sites for hydroxylation is 1. The number of carbonyl (C=O) groups excluding carboxylic acids is 1. The molecule has 0 aliphatic carbocycles. The third-order valence-electron chi connectivity index (χ3n) is 3.18. The first kappa shape index (κ1) is 12.7. The normalized spacial score (nSPS) is 11.1. The van der Waals surface area contributed by atoms with Crippen LogP contribution in [-0.4, -0.2) is 17.0 Å². The van der Waals surface area contributed by atoms with E-state index in [1.54, 1.807) is 0 Å². The van der Waals surface area contributed by atoms with Crippen LogP contribution in [0, 0.1) is 5.92 Å². The highest BCUT2D eigenvalue weighted by molar-refractivity contribution is 6.06. The standard InChI is InChI=1S/C15H20N2O/c1-11(2)7-9-16-15(18)13-5-4-6-14-12(13)8-10-17(14)3/h4-6,8,10-11H,7,9H2,1-3H3,(H,16,18). The van der Waals surface area contributed by atoms with E-state index in [1.165, 1.54) is 0 Å². The summed E-state index contributed by atoms with van der Waals surface area (Å²) in [6.45, 7) is 5.05. The van der Waals surface area contributed by atoms with Gasteiger partial charge in [0.15, 0.2) is 0 Å². The Morgan fingerprint density at radius 1 is 1.33 bits per heavy atom. The topological polar surface area (TPSA) is 34.0 Å². The van der Waals surface area contributed by atoms with Crippen LogP contribution in [-0.2, 0) is 7.05 Å². The molecule has 0 radical (unpaired) electrons. The summed E-state index contributed by atoms with van der Waals surface area (Å²) >= 11 is 0. The van der Waals surface area contributed by atoms with Crippen LogP contribution in [0.25, 0.3) is 10.9 Å². The van der Waals surface area contributed by atoms with Crippen LogP contribution in [0.15, 0.2) is 30.5 Å². The number of rotatable bonds is 4. The molecule has 1 N–H and O–H groups in total. The highest BCUT2D eigenvalue weighted by Gasteiger charge is 2.10. The van der Waals surface area contributed by atoms with Gasteiger partial charge in [-0.1, -0.05) is 19.9 Å². The Kier molecular flexibility index (Phi) is 3.70. The number of fused-ring (bicyclic) bond motifs is 1. The maximum atomic E-state index is 12.1. The molecule has 0 fully saturated rings. The van der Waals surface area contributed by atoms with E-state index < -0.39 is 0 Å². The molecular formula is C15H20N2O. The molecule has 0 aliphatic rings. The summed E-state index contributed by atoms with van der Waals surface area (Å²) in [7, 11) is 1.99. The third-order valence-corrected chi connectivity index (χ3v) is 3.18. The lowest BCUT2D eigenvalue weighted by molar-refractivity contribution is 0.0953. The summed E-state index contributed by atoms with van der Waals surface area (Å²) in [5.41, 5.74) is 1.85. The van der Waals surface area contributed by atoms with Crippen LogP contribution in [0.1, 0.15) is 30.6 Å². The molecule has 3 nitrogen and oxygen atoms in total. The van der Waals surface area contributed by atoms with Crippen LogP contribution in [0.2, 0.25) is 0 Å². The van der Waals surface area contributed by atoms with Crippen LogP contribution >= 0.6 is 0 Å². The van der Waals surface area contributed by atoms with Crippen LogP contribution in [0.5, 0.6) is 0 Å². The molecule has 1 aromatic heterocycles. The summed E-state index contributed by atoms with van der Waals surface area (Å²) in [6, 6.07) is 7.83. The Morgan fingerprint density at radius 2 is 2.11 bits per heavy atom. The van der Waals surface area contributed by atoms with Gasteiger partial charge in [-0.25, -0.2) is 0 Å². The van der Waals surface area contributed by atoms with Crippen LogP contribution in [0.3, 0.4) is 0 Å². The van der Waals surface area contributed by atoms with Crippen molar-refractivity contribution >= 4 is 16.8 Å². The van der Waals surface area contributed by atoms with Gasteiger partial charge in [-0.15, -0.1) is 0 Å². The maximum absolute atomic E-state index is 12.1. The predicted octanol–water partition coefficient (Wildman–Crippen LogP) is 2.95. The minimum Gasteiger partial charge on any atom is -0.352 e. The number of hydrogen-bond donors (Lipinski definition) is 1. The lowest BCUT2D eigenvalue weighted by Gasteiger charge is -2.08. The number of nitrogens with zero attached hydrogens (tertiary/aromatic N) is 1. The Hall–Kier alpha value is -1.77. The summed E-state index contributed by atoms with van der Waals surface area (Å²) < 4.78 is 2.03. The highest BCUT2D eigenvalue weighted by Crippen LogP contribution is 2.19. The molecular weight excluding hydrogens is 224 g/mol. The smallest absolute Gasteiger partial charge is 0.251 e. The molecule has 1 amide bonds. The molecule has 0 saturated heterocycles. The van der Waals surface area contributed by atoms with Crippen molar-refractivity contribution < 1.29 is 4.79 Å². The predicted molar refractivity (Wildman–Crippen MR) is 74.7 cm³/mol. The van der Waals surface area contributed by atoms with Gasteiger partial charge >= 0.3 is 0 Å². The van der Waals surface area contributed by atoms with Crippen LogP contribution in [0.4, 0.5) is 0 Å². The molecule has 0 saturated carbocycles. The summed E-state index contributed by atoms with van der Waals surface area (Å²) in [4.78, 5) is 12.1. The molecule has 0 unspecified atom stereocenters. The number of carbonyl (C=O) groups is 1. The van der Waals surface area contributed by atoms with Crippen molar-refractivity contribution in [1.29, 1.82) is 0 Å². The zero-order valence-corrected chi connectivity index (χ0v) is 11.2. The molecule has 0 aliphatic heterocycles. The first-order valence-electron chi connectivity index (χ1n) is 6.42. The Labute approximate surface area is 108 Å². The van der Waals surface area contributed by atoms with Crippen molar-refractivity contribution in [3.8, 4) is 0 Å². The molecule has 2 rings (SSSR count). The van der Waals surface area contributed by atoms with E-state index in [0.717, 1.165) is 29.4 Å². The van der Waals surface area contributed by atoms with E-state index in [1.807, 2.05) is 42.1 Å². The maximum Gasteiger partial charge on any atom is 0.251 e. The SMILES string of the molecule is CC(C)CCNC(=O)c1cccc2c1ccn2C. The van der Waals surface area contributed by atoms with Crippen molar-refractivity contribution in [3.63, 3.8) is 0 Å². The monoisotopic (exact) mass is 244 g/mol. The van der Waals surface area contributed by atoms with E-state index in [-0.39, 0.29) is 5.91 Å². The van der Waals surface area contributed by atoms with Gasteiger partial charge in [-0.3, -0.25) is 4.79 Å². The zero-order valence-electron chi connectivity index (χ0n) is 11.2. The molecule has 2 aromatic rings. The molecule has 18 heavy (non-hydrogen) atoms. The fraction of sp³-hybridized carbons (Fsp3) is 0.400. The molecule has 0 bridgehead atoms. The number of benzene rings is 1. The van der Waals surface area contributed by atoms with Gasteiger partial charge in [0.25, 0.3) is 5.91 Å². The molecule has 3 heteroatoms. The largest absolute Gasteiger partial charge is 0.352 e. The summed E-state index contributed by atoms with van der Waals surface area (Å²) in [6.07, 6.45) is 2.99. The fourth-order valence-electron chi connectivity index (χ4n) is 2.07. The Bertz CT molecular complexity index is 555. The first-order valence-corrected chi connectivity index (χ1v) is 6.42. The van der Waals surface area contributed by atoms with Gasteiger partial charge in [-0.05, 0) is 30.5 Å². The third kappa shape index (κ3) is 2.55. The second kappa shape index (κ2) is 5.25. The number of nitrogens with one attached hydrogen (secondary N) is 1. The quantitative estimate of drug-likeness (QED) is 0.881.